The Morgan fingerprint density at radius 3 is 2.75 bits per heavy atom. The van der Waals surface area contributed by atoms with Gasteiger partial charge in [-0.3, -0.25) is 4.98 Å². The van der Waals surface area contributed by atoms with Crippen molar-refractivity contribution in [3.63, 3.8) is 0 Å². The van der Waals surface area contributed by atoms with Gasteiger partial charge in [-0.15, -0.1) is 0 Å². The summed E-state index contributed by atoms with van der Waals surface area (Å²) in [5, 5.41) is 22.9. The van der Waals surface area contributed by atoms with Gasteiger partial charge in [-0.1, -0.05) is 24.4 Å². The van der Waals surface area contributed by atoms with E-state index in [1.165, 1.54) is 19.3 Å². The van der Waals surface area contributed by atoms with E-state index in [1.807, 2.05) is 30.7 Å². The molecule has 1 aliphatic carbocycles. The standard InChI is InChI=1S/C25H22N4O3/c1-14-23(15(2)32-28-14)18-9-22-24(27-12-18)19(8-16-4-3-5-16)13-29(22)20-7-6-17(11-26)21(10-20)25(30)31/h6-7,9-10,12-13,16H,3-5,8H2,1-2H3,(H,30,31). The summed E-state index contributed by atoms with van der Waals surface area (Å²) < 4.78 is 7.32. The van der Waals surface area contributed by atoms with Crippen molar-refractivity contribution in [1.29, 1.82) is 5.26 Å². The van der Waals surface area contributed by atoms with Crippen LogP contribution in [-0.4, -0.2) is 25.8 Å². The maximum absolute atomic E-state index is 11.7. The van der Waals surface area contributed by atoms with Crippen molar-refractivity contribution in [2.75, 3.05) is 0 Å². The van der Waals surface area contributed by atoms with Gasteiger partial charge in [0.1, 0.15) is 11.8 Å². The molecule has 32 heavy (non-hydrogen) atoms. The van der Waals surface area contributed by atoms with Gasteiger partial charge in [0.15, 0.2) is 0 Å². The molecule has 7 heteroatoms. The zero-order chi connectivity index (χ0) is 22.4. The smallest absolute Gasteiger partial charge is 0.337 e. The second-order valence-electron chi connectivity index (χ2n) is 8.46. The van der Waals surface area contributed by atoms with Gasteiger partial charge in [0.05, 0.1) is 27.9 Å². The van der Waals surface area contributed by atoms with E-state index in [1.54, 1.807) is 18.2 Å². The summed E-state index contributed by atoms with van der Waals surface area (Å²) in [5.41, 5.74) is 6.37. The molecule has 0 atom stereocenters. The number of fused-ring (bicyclic) bond motifs is 1. The second-order valence-corrected chi connectivity index (χ2v) is 8.46. The lowest BCUT2D eigenvalue weighted by Crippen LogP contribution is -2.13. The van der Waals surface area contributed by atoms with E-state index >= 15 is 0 Å². The van der Waals surface area contributed by atoms with Crippen molar-refractivity contribution in [1.82, 2.24) is 14.7 Å². The Labute approximate surface area is 184 Å². The predicted octanol–water partition coefficient (Wildman–Crippen LogP) is 5.21. The molecule has 4 aromatic rings. The van der Waals surface area contributed by atoms with E-state index in [-0.39, 0.29) is 11.1 Å². The lowest BCUT2D eigenvalue weighted by Gasteiger charge is -2.24. The molecule has 160 valence electrons. The van der Waals surface area contributed by atoms with Crippen molar-refractivity contribution < 1.29 is 14.4 Å². The lowest BCUT2D eigenvalue weighted by molar-refractivity contribution is 0.0696. The minimum absolute atomic E-state index is 0.0118. The fourth-order valence-electron chi connectivity index (χ4n) is 4.53. The van der Waals surface area contributed by atoms with Crippen LogP contribution in [0.3, 0.4) is 0 Å². The van der Waals surface area contributed by atoms with Crippen LogP contribution in [0.25, 0.3) is 27.8 Å². The van der Waals surface area contributed by atoms with Gasteiger partial charge in [0, 0.05) is 29.2 Å². The van der Waals surface area contributed by atoms with Gasteiger partial charge in [-0.25, -0.2) is 4.79 Å². The van der Waals surface area contributed by atoms with E-state index in [0.717, 1.165) is 45.6 Å². The Hall–Kier alpha value is -3.92. The van der Waals surface area contributed by atoms with Crippen LogP contribution in [0.15, 0.2) is 41.2 Å². The highest BCUT2D eigenvalue weighted by atomic mass is 16.5. The summed E-state index contributed by atoms with van der Waals surface area (Å²) in [7, 11) is 0. The summed E-state index contributed by atoms with van der Waals surface area (Å²) in [5.74, 6) is 0.265. The summed E-state index contributed by atoms with van der Waals surface area (Å²) in [6.07, 6.45) is 8.58. The first-order chi connectivity index (χ1) is 15.5. The van der Waals surface area contributed by atoms with E-state index < -0.39 is 5.97 Å². The molecule has 1 N–H and O–H groups in total. The molecule has 0 spiro atoms. The number of aromatic nitrogens is 3. The molecule has 0 amide bonds. The fraction of sp³-hybridized carbons (Fsp3) is 0.280. The molecule has 0 radical (unpaired) electrons. The normalized spacial score (nSPS) is 13.8. The van der Waals surface area contributed by atoms with E-state index in [9.17, 15) is 15.2 Å². The number of hydrogen-bond donors (Lipinski definition) is 1. The minimum Gasteiger partial charge on any atom is -0.478 e. The zero-order valence-corrected chi connectivity index (χ0v) is 17.9. The third-order valence-electron chi connectivity index (χ3n) is 6.40. The average Bonchev–Trinajstić information content (AvgIpc) is 3.29. The van der Waals surface area contributed by atoms with Gasteiger partial charge in [-0.05, 0) is 56.0 Å². The van der Waals surface area contributed by atoms with Crippen LogP contribution in [0, 0.1) is 31.1 Å². The molecule has 1 saturated carbocycles. The maximum Gasteiger partial charge on any atom is 0.337 e. The highest BCUT2D eigenvalue weighted by Crippen LogP contribution is 2.35. The summed E-state index contributed by atoms with van der Waals surface area (Å²) in [6.45, 7) is 3.78. The number of rotatable bonds is 5. The number of hydrogen-bond acceptors (Lipinski definition) is 5. The highest BCUT2D eigenvalue weighted by Gasteiger charge is 2.23. The van der Waals surface area contributed by atoms with Crippen molar-refractivity contribution in [3.8, 4) is 22.9 Å². The van der Waals surface area contributed by atoms with Crippen molar-refractivity contribution >= 4 is 17.0 Å². The number of nitriles is 1. The molecule has 0 bridgehead atoms. The number of carbonyl (C=O) groups is 1. The van der Waals surface area contributed by atoms with Crippen LogP contribution in [0.5, 0.6) is 0 Å². The third kappa shape index (κ3) is 3.25. The van der Waals surface area contributed by atoms with Crippen LogP contribution in [0.2, 0.25) is 0 Å². The SMILES string of the molecule is Cc1noc(C)c1-c1cnc2c(CC3CCC3)cn(-c3ccc(C#N)c(C(=O)O)c3)c2c1. The van der Waals surface area contributed by atoms with Crippen LogP contribution in [0.1, 0.15) is 52.2 Å². The van der Waals surface area contributed by atoms with Crippen molar-refractivity contribution in [3.05, 3.63) is 64.8 Å². The number of pyridine rings is 1. The van der Waals surface area contributed by atoms with E-state index in [0.29, 0.717) is 11.6 Å². The quantitative estimate of drug-likeness (QED) is 0.470. The Morgan fingerprint density at radius 1 is 1.31 bits per heavy atom. The zero-order valence-electron chi connectivity index (χ0n) is 17.9. The maximum atomic E-state index is 11.7. The Kier molecular flexibility index (Phi) is 4.78. The molecule has 3 aromatic heterocycles. The van der Waals surface area contributed by atoms with E-state index in [2.05, 4.69) is 17.4 Å². The van der Waals surface area contributed by atoms with Gasteiger partial charge in [0.2, 0.25) is 0 Å². The van der Waals surface area contributed by atoms with Crippen molar-refractivity contribution in [2.24, 2.45) is 5.92 Å². The van der Waals surface area contributed by atoms with Gasteiger partial charge >= 0.3 is 5.97 Å². The van der Waals surface area contributed by atoms with Gasteiger partial charge in [0.25, 0.3) is 0 Å². The van der Waals surface area contributed by atoms with Gasteiger partial charge in [-0.2, -0.15) is 5.26 Å². The first-order valence-corrected chi connectivity index (χ1v) is 10.7. The largest absolute Gasteiger partial charge is 0.478 e. The molecular weight excluding hydrogens is 404 g/mol. The lowest BCUT2D eigenvalue weighted by atomic mass is 9.81. The summed E-state index contributed by atoms with van der Waals surface area (Å²) >= 11 is 0. The van der Waals surface area contributed by atoms with Crippen molar-refractivity contribution in [2.45, 2.75) is 39.5 Å². The molecule has 1 fully saturated rings. The minimum atomic E-state index is -1.12. The molecule has 1 aliphatic rings. The molecule has 3 heterocycles. The number of aryl methyl sites for hydroxylation is 2. The first kappa shape index (κ1) is 20.0. The number of carboxylic acid groups (broad SMARTS) is 1. The second kappa shape index (κ2) is 7.65. The predicted molar refractivity (Wildman–Crippen MR) is 119 cm³/mol. The molecule has 0 unspecified atom stereocenters. The van der Waals surface area contributed by atoms with E-state index in [4.69, 9.17) is 9.51 Å². The van der Waals surface area contributed by atoms with Gasteiger partial charge < -0.3 is 14.2 Å². The Bertz CT molecular complexity index is 1380. The van der Waals surface area contributed by atoms with Crippen LogP contribution >= 0.6 is 0 Å². The first-order valence-electron chi connectivity index (χ1n) is 10.7. The number of carboxylic acids is 1. The fourth-order valence-corrected chi connectivity index (χ4v) is 4.53. The number of aromatic carboxylic acids is 1. The Balaban J connectivity index is 1.72. The summed E-state index contributed by atoms with van der Waals surface area (Å²) in [4.78, 5) is 16.5. The number of benzene rings is 1. The molecular formula is C25H22N4O3. The molecule has 7 nitrogen and oxygen atoms in total. The number of nitrogens with zero attached hydrogens (tertiary/aromatic N) is 4. The van der Waals surface area contributed by atoms with Crippen LogP contribution < -0.4 is 0 Å². The molecule has 0 aliphatic heterocycles. The van der Waals surface area contributed by atoms with Crippen LogP contribution in [0.4, 0.5) is 0 Å². The molecule has 5 rings (SSSR count). The summed E-state index contributed by atoms with van der Waals surface area (Å²) in [6, 6.07) is 8.90. The highest BCUT2D eigenvalue weighted by molar-refractivity contribution is 5.92. The monoisotopic (exact) mass is 426 g/mol. The third-order valence-corrected chi connectivity index (χ3v) is 6.40. The topological polar surface area (TPSA) is 105 Å². The average molecular weight is 426 g/mol. The molecule has 0 saturated heterocycles. The Morgan fingerprint density at radius 2 is 2.12 bits per heavy atom. The molecule has 1 aromatic carbocycles. The van der Waals surface area contributed by atoms with Crippen LogP contribution in [-0.2, 0) is 6.42 Å².